The van der Waals surface area contributed by atoms with Crippen LogP contribution in [0.3, 0.4) is 0 Å². The van der Waals surface area contributed by atoms with Gasteiger partial charge < -0.3 is 9.80 Å². The molecule has 6 heteroatoms. The number of amides is 2. The van der Waals surface area contributed by atoms with E-state index in [2.05, 4.69) is 5.10 Å². The number of carbonyl (C=O) groups excluding carboxylic acids is 2. The van der Waals surface area contributed by atoms with Gasteiger partial charge in [-0.15, -0.1) is 0 Å². The fourth-order valence-electron chi connectivity index (χ4n) is 4.64. The molecule has 29 heavy (non-hydrogen) atoms. The van der Waals surface area contributed by atoms with Crippen molar-refractivity contribution in [2.75, 3.05) is 19.6 Å². The topological polar surface area (TPSA) is 58.4 Å². The largest absolute Gasteiger partial charge is 0.336 e. The van der Waals surface area contributed by atoms with Crippen molar-refractivity contribution in [3.8, 4) is 0 Å². The van der Waals surface area contributed by atoms with Gasteiger partial charge in [-0.3, -0.25) is 14.3 Å². The van der Waals surface area contributed by atoms with Crippen molar-refractivity contribution >= 4 is 22.7 Å². The van der Waals surface area contributed by atoms with Crippen LogP contribution in [0.1, 0.15) is 23.2 Å². The van der Waals surface area contributed by atoms with E-state index in [0.29, 0.717) is 12.5 Å². The molecule has 2 amide bonds. The molecule has 6 rings (SSSR count). The zero-order valence-corrected chi connectivity index (χ0v) is 16.3. The summed E-state index contributed by atoms with van der Waals surface area (Å²) in [5.74, 6) is 0.485. The average Bonchev–Trinajstić information content (AvgIpc) is 2.93. The number of benzene rings is 2. The van der Waals surface area contributed by atoms with Crippen molar-refractivity contribution in [3.05, 3.63) is 66.4 Å². The maximum Gasteiger partial charge on any atom is 0.253 e. The van der Waals surface area contributed by atoms with E-state index in [-0.39, 0.29) is 24.4 Å². The highest BCUT2D eigenvalue weighted by Gasteiger charge is 2.38. The summed E-state index contributed by atoms with van der Waals surface area (Å²) in [5.41, 5.74) is 1.62. The molecule has 2 atom stereocenters. The molecule has 1 aromatic heterocycles. The SMILES string of the molecule is O=C(c1ccccc1)N1C[C@H]2CC[C@@H](C1)N(C(=O)Cn1cc3ccccc3n1)C2. The third-order valence-corrected chi connectivity index (χ3v) is 6.10. The lowest BCUT2D eigenvalue weighted by Gasteiger charge is -2.36. The van der Waals surface area contributed by atoms with Crippen LogP contribution < -0.4 is 0 Å². The van der Waals surface area contributed by atoms with Crippen LogP contribution in [0.5, 0.6) is 0 Å². The summed E-state index contributed by atoms with van der Waals surface area (Å²) in [4.78, 5) is 30.0. The number of hydrogen-bond acceptors (Lipinski definition) is 3. The second-order valence-electron chi connectivity index (χ2n) is 8.10. The highest BCUT2D eigenvalue weighted by molar-refractivity contribution is 5.94. The first-order chi connectivity index (χ1) is 14.2. The van der Waals surface area contributed by atoms with Crippen LogP contribution in [-0.4, -0.2) is 57.1 Å². The van der Waals surface area contributed by atoms with E-state index in [0.717, 1.165) is 42.4 Å². The first-order valence-corrected chi connectivity index (χ1v) is 10.2. The van der Waals surface area contributed by atoms with E-state index < -0.39 is 0 Å². The number of piperidine rings is 1. The molecule has 3 fully saturated rings. The number of hydrogen-bond donors (Lipinski definition) is 0. The predicted molar refractivity (Wildman–Crippen MR) is 110 cm³/mol. The Morgan fingerprint density at radius 2 is 1.72 bits per heavy atom. The Hall–Kier alpha value is -3.15. The summed E-state index contributed by atoms with van der Waals surface area (Å²) in [5, 5.41) is 5.56. The van der Waals surface area contributed by atoms with Crippen LogP contribution in [0.4, 0.5) is 0 Å². The minimum absolute atomic E-state index is 0.0649. The van der Waals surface area contributed by atoms with E-state index >= 15 is 0 Å². The molecule has 148 valence electrons. The lowest BCUT2D eigenvalue weighted by atomic mass is 9.95. The molecular weight excluding hydrogens is 364 g/mol. The normalized spacial score (nSPS) is 21.4. The first kappa shape index (κ1) is 17.9. The quantitative estimate of drug-likeness (QED) is 0.693. The average molecular weight is 388 g/mol. The Labute approximate surface area is 169 Å². The second-order valence-corrected chi connectivity index (χ2v) is 8.10. The van der Waals surface area contributed by atoms with Gasteiger partial charge in [0.25, 0.3) is 5.91 Å². The molecule has 4 heterocycles. The van der Waals surface area contributed by atoms with Crippen LogP contribution in [0, 0.1) is 5.92 Å². The molecule has 0 N–H and O–H groups in total. The lowest BCUT2D eigenvalue weighted by molar-refractivity contribution is -0.136. The zero-order valence-electron chi connectivity index (χ0n) is 16.3. The molecule has 0 spiro atoms. The van der Waals surface area contributed by atoms with Crippen LogP contribution >= 0.6 is 0 Å². The van der Waals surface area contributed by atoms with E-state index in [1.165, 1.54) is 0 Å². The summed E-state index contributed by atoms with van der Waals surface area (Å²) in [6, 6.07) is 17.4. The van der Waals surface area contributed by atoms with Crippen LogP contribution in [0.25, 0.3) is 10.9 Å². The number of aromatic nitrogens is 2. The summed E-state index contributed by atoms with van der Waals surface area (Å²) in [7, 11) is 0. The van der Waals surface area contributed by atoms with Gasteiger partial charge in [0, 0.05) is 42.8 Å². The van der Waals surface area contributed by atoms with Gasteiger partial charge >= 0.3 is 0 Å². The molecule has 0 saturated carbocycles. The highest BCUT2D eigenvalue weighted by atomic mass is 16.2. The number of nitrogens with zero attached hydrogens (tertiary/aromatic N) is 4. The van der Waals surface area contributed by atoms with Crippen molar-refractivity contribution in [1.82, 2.24) is 19.6 Å². The van der Waals surface area contributed by atoms with E-state index in [1.54, 1.807) is 4.68 Å². The minimum Gasteiger partial charge on any atom is -0.336 e. The van der Waals surface area contributed by atoms with E-state index in [1.807, 2.05) is 70.6 Å². The van der Waals surface area contributed by atoms with E-state index in [4.69, 9.17) is 0 Å². The van der Waals surface area contributed by atoms with Gasteiger partial charge in [-0.25, -0.2) is 0 Å². The zero-order chi connectivity index (χ0) is 19.8. The number of carbonyl (C=O) groups is 2. The number of rotatable bonds is 3. The summed E-state index contributed by atoms with van der Waals surface area (Å²) in [6.07, 6.45) is 3.95. The molecule has 0 unspecified atom stereocenters. The van der Waals surface area contributed by atoms with Gasteiger partial charge in [-0.2, -0.15) is 5.10 Å². The third kappa shape index (κ3) is 3.50. The van der Waals surface area contributed by atoms with Gasteiger partial charge in [0.15, 0.2) is 0 Å². The molecule has 2 bridgehead atoms. The maximum atomic E-state index is 13.1. The van der Waals surface area contributed by atoms with Crippen molar-refractivity contribution < 1.29 is 9.59 Å². The Kier molecular flexibility index (Phi) is 4.54. The predicted octanol–water partition coefficient (Wildman–Crippen LogP) is 2.80. The number of fused-ring (bicyclic) bond motifs is 5. The second kappa shape index (κ2) is 7.35. The fourth-order valence-corrected chi connectivity index (χ4v) is 4.64. The van der Waals surface area contributed by atoms with Crippen molar-refractivity contribution in [3.63, 3.8) is 0 Å². The summed E-state index contributed by atoms with van der Waals surface area (Å²) in [6.45, 7) is 2.30. The van der Waals surface area contributed by atoms with Crippen LogP contribution in [0.15, 0.2) is 60.8 Å². The Balaban J connectivity index is 1.31. The third-order valence-electron chi connectivity index (χ3n) is 6.10. The van der Waals surface area contributed by atoms with E-state index in [9.17, 15) is 9.59 Å². The maximum absolute atomic E-state index is 13.1. The molecule has 0 aliphatic carbocycles. The van der Waals surface area contributed by atoms with Crippen LogP contribution in [0.2, 0.25) is 0 Å². The van der Waals surface area contributed by atoms with Gasteiger partial charge in [0.05, 0.1) is 5.52 Å². The monoisotopic (exact) mass is 388 g/mol. The standard InChI is InChI=1S/C23H24N4O2/c28-22(16-26-14-19-8-4-5-9-21(19)24-26)27-13-17-10-11-20(27)15-25(12-17)23(29)18-6-2-1-3-7-18/h1-9,14,17,20H,10-13,15-16H2/t17-,20+/m1/s1. The van der Waals surface area contributed by atoms with Gasteiger partial charge in [-0.05, 0) is 37.0 Å². The highest BCUT2D eigenvalue weighted by Crippen LogP contribution is 2.29. The molecule has 0 radical (unpaired) electrons. The Bertz CT molecular complexity index is 1010. The molecule has 3 aromatic rings. The van der Waals surface area contributed by atoms with Gasteiger partial charge in [0.2, 0.25) is 5.91 Å². The first-order valence-electron chi connectivity index (χ1n) is 10.2. The lowest BCUT2D eigenvalue weighted by Crippen LogP contribution is -2.48. The summed E-state index contributed by atoms with van der Waals surface area (Å²) >= 11 is 0. The van der Waals surface area contributed by atoms with Crippen molar-refractivity contribution in [1.29, 1.82) is 0 Å². The Morgan fingerprint density at radius 3 is 2.55 bits per heavy atom. The molecule has 3 saturated heterocycles. The molecular formula is C23H24N4O2. The minimum atomic E-state index is 0.0649. The molecule has 6 nitrogen and oxygen atoms in total. The van der Waals surface area contributed by atoms with Crippen molar-refractivity contribution in [2.24, 2.45) is 5.92 Å². The fraction of sp³-hybridized carbons (Fsp3) is 0.348. The van der Waals surface area contributed by atoms with Crippen LogP contribution in [-0.2, 0) is 11.3 Å². The summed E-state index contributed by atoms with van der Waals surface area (Å²) < 4.78 is 1.73. The van der Waals surface area contributed by atoms with Crippen molar-refractivity contribution in [2.45, 2.75) is 25.4 Å². The van der Waals surface area contributed by atoms with Gasteiger partial charge in [0.1, 0.15) is 6.54 Å². The Morgan fingerprint density at radius 1 is 0.931 bits per heavy atom. The molecule has 2 aromatic carbocycles. The smallest absolute Gasteiger partial charge is 0.253 e. The molecule has 3 aliphatic heterocycles. The molecule has 3 aliphatic rings. The van der Waals surface area contributed by atoms with Gasteiger partial charge in [-0.1, -0.05) is 36.4 Å².